The Labute approximate surface area is 162 Å². The van der Waals surface area contributed by atoms with Crippen molar-refractivity contribution in [1.29, 1.82) is 0 Å². The second kappa shape index (κ2) is 7.26. The van der Waals surface area contributed by atoms with Crippen LogP contribution >= 0.6 is 11.3 Å². The van der Waals surface area contributed by atoms with Crippen LogP contribution < -0.4 is 15.0 Å². The summed E-state index contributed by atoms with van der Waals surface area (Å²) in [6, 6.07) is 5.66. The van der Waals surface area contributed by atoms with E-state index in [9.17, 15) is 9.59 Å². The van der Waals surface area contributed by atoms with Crippen LogP contribution in [-0.2, 0) is 15.0 Å². The molecular weight excluding hydrogens is 364 g/mol. The minimum atomic E-state index is -0.440. The summed E-state index contributed by atoms with van der Waals surface area (Å²) in [6.07, 6.45) is 0.161. The van der Waals surface area contributed by atoms with E-state index in [2.05, 4.69) is 15.5 Å². The Kier molecular flexibility index (Phi) is 5.19. The molecule has 1 saturated heterocycles. The number of carbonyl (C=O) groups excluding carboxylic acids is 2. The maximum atomic E-state index is 12.6. The molecule has 0 saturated carbocycles. The summed E-state index contributed by atoms with van der Waals surface area (Å²) in [5.74, 6) is -0.126. The number of aromatic nitrogens is 2. The van der Waals surface area contributed by atoms with E-state index in [-0.39, 0.29) is 23.7 Å². The predicted molar refractivity (Wildman–Crippen MR) is 105 cm³/mol. The lowest BCUT2D eigenvalue weighted by molar-refractivity contribution is -0.122. The van der Waals surface area contributed by atoms with Crippen LogP contribution in [0.15, 0.2) is 18.2 Å². The van der Waals surface area contributed by atoms with E-state index >= 15 is 0 Å². The third-order valence-corrected chi connectivity index (χ3v) is 5.68. The van der Waals surface area contributed by atoms with Crippen LogP contribution in [0, 0.1) is 12.8 Å². The van der Waals surface area contributed by atoms with Crippen molar-refractivity contribution in [3.63, 3.8) is 0 Å². The largest absolute Gasteiger partial charge is 0.495 e. The number of anilines is 2. The molecule has 1 aromatic heterocycles. The zero-order chi connectivity index (χ0) is 19.8. The topological polar surface area (TPSA) is 84.4 Å². The van der Waals surface area contributed by atoms with Crippen LogP contribution in [-0.4, -0.2) is 35.7 Å². The minimum absolute atomic E-state index is 0.0910. The highest BCUT2D eigenvalue weighted by Gasteiger charge is 2.36. The number of carbonyl (C=O) groups is 2. The number of methoxy groups -OCH3 is 1. The SMILES string of the molecule is COc1ccc(C)cc1N1CC(C(=O)Nc2nnc(C(C)(C)C)s2)CC1=O. The first-order chi connectivity index (χ1) is 12.7. The molecule has 0 aliphatic carbocycles. The quantitative estimate of drug-likeness (QED) is 0.870. The minimum Gasteiger partial charge on any atom is -0.495 e. The Morgan fingerprint density at radius 3 is 2.70 bits per heavy atom. The van der Waals surface area contributed by atoms with Crippen LogP contribution in [0.1, 0.15) is 37.8 Å². The Balaban J connectivity index is 1.73. The molecule has 1 unspecified atom stereocenters. The molecule has 2 amide bonds. The van der Waals surface area contributed by atoms with Crippen molar-refractivity contribution < 1.29 is 14.3 Å². The van der Waals surface area contributed by atoms with Gasteiger partial charge in [0.2, 0.25) is 16.9 Å². The highest BCUT2D eigenvalue weighted by atomic mass is 32.1. The molecule has 1 N–H and O–H groups in total. The molecule has 0 bridgehead atoms. The molecule has 1 aliphatic heterocycles. The normalized spacial score (nSPS) is 17.3. The average molecular weight is 388 g/mol. The van der Waals surface area contributed by atoms with Gasteiger partial charge in [0.05, 0.1) is 18.7 Å². The van der Waals surface area contributed by atoms with Gasteiger partial charge in [-0.25, -0.2) is 0 Å². The van der Waals surface area contributed by atoms with Crippen molar-refractivity contribution in [2.45, 2.75) is 39.5 Å². The monoisotopic (exact) mass is 388 g/mol. The lowest BCUT2D eigenvalue weighted by atomic mass is 9.98. The first-order valence-corrected chi connectivity index (χ1v) is 9.60. The number of hydrogen-bond donors (Lipinski definition) is 1. The second-order valence-electron chi connectivity index (χ2n) is 7.73. The molecule has 7 nitrogen and oxygen atoms in total. The molecule has 1 fully saturated rings. The third-order valence-electron chi connectivity index (χ3n) is 4.42. The van der Waals surface area contributed by atoms with Gasteiger partial charge in [0, 0.05) is 18.4 Å². The number of amides is 2. The van der Waals surface area contributed by atoms with Gasteiger partial charge < -0.3 is 15.0 Å². The number of hydrogen-bond acceptors (Lipinski definition) is 6. The van der Waals surface area contributed by atoms with Crippen LogP contribution in [0.4, 0.5) is 10.8 Å². The first-order valence-electron chi connectivity index (χ1n) is 8.79. The lowest BCUT2D eigenvalue weighted by Crippen LogP contribution is -2.28. The standard InChI is InChI=1S/C19H24N4O3S/c1-11-6-7-14(26-5)13(8-11)23-10-12(9-15(23)24)16(25)20-18-22-21-17(27-18)19(2,3)4/h6-8,12H,9-10H2,1-5H3,(H,20,22,25). The number of rotatable bonds is 4. The summed E-state index contributed by atoms with van der Waals surface area (Å²) in [6.45, 7) is 8.40. The molecular formula is C19H24N4O3S. The zero-order valence-electron chi connectivity index (χ0n) is 16.2. The van der Waals surface area contributed by atoms with E-state index < -0.39 is 5.92 Å². The maximum absolute atomic E-state index is 12.6. The van der Waals surface area contributed by atoms with E-state index in [0.29, 0.717) is 23.1 Å². The zero-order valence-corrected chi connectivity index (χ0v) is 17.0. The Hall–Kier alpha value is -2.48. The maximum Gasteiger partial charge on any atom is 0.231 e. The van der Waals surface area contributed by atoms with E-state index in [0.717, 1.165) is 10.6 Å². The van der Waals surface area contributed by atoms with Gasteiger partial charge in [-0.3, -0.25) is 9.59 Å². The van der Waals surface area contributed by atoms with Gasteiger partial charge in [-0.15, -0.1) is 10.2 Å². The predicted octanol–water partition coefficient (Wildman–Crippen LogP) is 3.14. The Morgan fingerprint density at radius 1 is 1.33 bits per heavy atom. The fourth-order valence-electron chi connectivity index (χ4n) is 2.91. The van der Waals surface area contributed by atoms with Crippen LogP contribution in [0.3, 0.4) is 0 Å². The van der Waals surface area contributed by atoms with E-state index in [4.69, 9.17) is 4.74 Å². The second-order valence-corrected chi connectivity index (χ2v) is 8.71. The average Bonchev–Trinajstić information content (AvgIpc) is 3.21. The van der Waals surface area contributed by atoms with Crippen molar-refractivity contribution in [1.82, 2.24) is 10.2 Å². The Morgan fingerprint density at radius 2 is 2.07 bits per heavy atom. The van der Waals surface area contributed by atoms with Crippen LogP contribution in [0.2, 0.25) is 0 Å². The summed E-state index contributed by atoms with van der Waals surface area (Å²) in [5, 5.41) is 12.3. The summed E-state index contributed by atoms with van der Waals surface area (Å²) in [5.41, 5.74) is 1.60. The molecule has 1 atom stereocenters. The van der Waals surface area contributed by atoms with E-state index in [1.165, 1.54) is 11.3 Å². The van der Waals surface area contributed by atoms with Crippen molar-refractivity contribution in [2.75, 3.05) is 23.9 Å². The molecule has 1 aliphatic rings. The van der Waals surface area contributed by atoms with Crippen LogP contribution in [0.5, 0.6) is 5.75 Å². The molecule has 0 radical (unpaired) electrons. The van der Waals surface area contributed by atoms with E-state index in [1.807, 2.05) is 45.9 Å². The van der Waals surface area contributed by atoms with Gasteiger partial charge in [0.15, 0.2) is 0 Å². The number of nitrogens with zero attached hydrogens (tertiary/aromatic N) is 3. The highest BCUT2D eigenvalue weighted by molar-refractivity contribution is 7.15. The highest BCUT2D eigenvalue weighted by Crippen LogP contribution is 2.34. The van der Waals surface area contributed by atoms with Crippen molar-refractivity contribution >= 4 is 34.0 Å². The van der Waals surface area contributed by atoms with Crippen LogP contribution in [0.25, 0.3) is 0 Å². The molecule has 144 valence electrons. The Bertz CT molecular complexity index is 872. The number of nitrogens with one attached hydrogen (secondary N) is 1. The number of benzene rings is 1. The van der Waals surface area contributed by atoms with Gasteiger partial charge >= 0.3 is 0 Å². The van der Waals surface area contributed by atoms with Gasteiger partial charge in [0.1, 0.15) is 10.8 Å². The van der Waals surface area contributed by atoms with Crippen molar-refractivity contribution in [3.8, 4) is 5.75 Å². The molecule has 3 rings (SSSR count). The first kappa shape index (κ1) is 19.3. The van der Waals surface area contributed by atoms with Gasteiger partial charge in [0.25, 0.3) is 0 Å². The molecule has 0 spiro atoms. The van der Waals surface area contributed by atoms with Gasteiger partial charge in [-0.2, -0.15) is 0 Å². The third kappa shape index (κ3) is 4.10. The molecule has 8 heteroatoms. The summed E-state index contributed by atoms with van der Waals surface area (Å²) >= 11 is 1.36. The molecule has 27 heavy (non-hydrogen) atoms. The van der Waals surface area contributed by atoms with E-state index in [1.54, 1.807) is 12.0 Å². The summed E-state index contributed by atoms with van der Waals surface area (Å²) in [7, 11) is 1.57. The summed E-state index contributed by atoms with van der Waals surface area (Å²) in [4.78, 5) is 26.8. The molecule has 1 aromatic carbocycles. The number of ether oxygens (including phenoxy) is 1. The number of aryl methyl sites for hydroxylation is 1. The fraction of sp³-hybridized carbons (Fsp3) is 0.474. The summed E-state index contributed by atoms with van der Waals surface area (Å²) < 4.78 is 5.38. The van der Waals surface area contributed by atoms with Gasteiger partial charge in [-0.05, 0) is 24.6 Å². The smallest absolute Gasteiger partial charge is 0.231 e. The lowest BCUT2D eigenvalue weighted by Gasteiger charge is -2.20. The molecule has 2 aromatic rings. The molecule has 2 heterocycles. The van der Waals surface area contributed by atoms with Crippen molar-refractivity contribution in [2.24, 2.45) is 5.92 Å². The fourth-order valence-corrected chi connectivity index (χ4v) is 3.72. The van der Waals surface area contributed by atoms with Gasteiger partial charge in [-0.1, -0.05) is 38.2 Å². The van der Waals surface area contributed by atoms with Crippen molar-refractivity contribution in [3.05, 3.63) is 28.8 Å².